The number of hydrogen-bond donors (Lipinski definition) is 2. The number of urea groups is 1. The molecule has 7 rings (SSSR count). The Morgan fingerprint density at radius 1 is 1.08 bits per heavy atom. The maximum absolute atomic E-state index is 13.7. The van der Waals surface area contributed by atoms with Crippen LogP contribution in [-0.4, -0.2) is 33.2 Å². The molecule has 2 aromatic carbocycles. The summed E-state index contributed by atoms with van der Waals surface area (Å²) in [7, 11) is 0. The number of esters is 1. The van der Waals surface area contributed by atoms with Crippen LogP contribution in [0, 0.1) is 0 Å². The molecule has 0 saturated carbocycles. The number of nitrogens with one attached hydrogen (secondary N) is 1. The van der Waals surface area contributed by atoms with Crippen molar-refractivity contribution >= 4 is 34.3 Å². The summed E-state index contributed by atoms with van der Waals surface area (Å²) < 4.78 is 6.80. The van der Waals surface area contributed by atoms with Crippen LogP contribution in [0.1, 0.15) is 42.0 Å². The lowest BCUT2D eigenvalue weighted by molar-refractivity contribution is -0.172. The van der Waals surface area contributed by atoms with Gasteiger partial charge in [-0.2, -0.15) is 0 Å². The Balaban J connectivity index is 1.39. The minimum Gasteiger partial charge on any atom is -0.458 e. The van der Waals surface area contributed by atoms with Crippen LogP contribution in [0.2, 0.25) is 0 Å². The SMILES string of the molecule is CCC1(O)C(=O)OCc2c1cc1n(c2=O)Cc2c-1nc1cccc3c1c2N(CCCc1ccccc1)C(=O)N3. The van der Waals surface area contributed by atoms with Crippen LogP contribution in [0.3, 0.4) is 0 Å². The van der Waals surface area contributed by atoms with Crippen LogP contribution < -0.4 is 15.8 Å². The summed E-state index contributed by atoms with van der Waals surface area (Å²) in [5, 5.41) is 15.0. The van der Waals surface area contributed by atoms with E-state index in [0.717, 1.165) is 29.5 Å². The van der Waals surface area contributed by atoms with Gasteiger partial charge in [-0.25, -0.2) is 14.6 Å². The Hall–Kier alpha value is -4.50. The number of aromatic nitrogens is 2. The molecule has 5 heterocycles. The van der Waals surface area contributed by atoms with Crippen LogP contribution in [-0.2, 0) is 34.7 Å². The third-order valence-electron chi connectivity index (χ3n) is 8.13. The normalized spacial score (nSPS) is 18.9. The molecule has 9 heteroatoms. The summed E-state index contributed by atoms with van der Waals surface area (Å²) in [5.41, 5.74) is 3.52. The number of fused-ring (bicyclic) bond motifs is 5. The van der Waals surface area contributed by atoms with Crippen LogP contribution >= 0.6 is 0 Å². The molecule has 0 radical (unpaired) electrons. The molecule has 3 aliphatic heterocycles. The van der Waals surface area contributed by atoms with Crippen molar-refractivity contribution < 1.29 is 19.4 Å². The Kier molecular flexibility index (Phi) is 5.15. The molecular formula is C30H26N4O5. The van der Waals surface area contributed by atoms with E-state index in [1.807, 2.05) is 36.4 Å². The molecule has 196 valence electrons. The number of aliphatic hydroxyl groups is 1. The highest BCUT2D eigenvalue weighted by Gasteiger charge is 2.46. The number of anilines is 2. The van der Waals surface area contributed by atoms with Crippen LogP contribution in [0.4, 0.5) is 16.2 Å². The van der Waals surface area contributed by atoms with E-state index in [1.165, 1.54) is 5.56 Å². The predicted molar refractivity (Wildman–Crippen MR) is 146 cm³/mol. The van der Waals surface area contributed by atoms with Gasteiger partial charge in [0, 0.05) is 23.1 Å². The molecule has 4 aromatic rings. The van der Waals surface area contributed by atoms with Crippen LogP contribution in [0.15, 0.2) is 59.4 Å². The van der Waals surface area contributed by atoms with Gasteiger partial charge in [-0.3, -0.25) is 9.69 Å². The molecule has 2 aromatic heterocycles. The number of hydrogen-bond acceptors (Lipinski definition) is 6. The quantitative estimate of drug-likeness (QED) is 0.337. The van der Waals surface area contributed by atoms with Gasteiger partial charge < -0.3 is 19.7 Å². The van der Waals surface area contributed by atoms with Crippen molar-refractivity contribution in [3.63, 3.8) is 0 Å². The molecular weight excluding hydrogens is 496 g/mol. The number of pyridine rings is 2. The monoisotopic (exact) mass is 522 g/mol. The highest BCUT2D eigenvalue weighted by molar-refractivity contribution is 6.19. The molecule has 2 N–H and O–H groups in total. The van der Waals surface area contributed by atoms with Gasteiger partial charge in [-0.1, -0.05) is 43.3 Å². The number of carbonyl (C=O) groups is 2. The van der Waals surface area contributed by atoms with E-state index in [1.54, 1.807) is 22.5 Å². The Morgan fingerprint density at radius 2 is 1.90 bits per heavy atom. The largest absolute Gasteiger partial charge is 0.458 e. The molecule has 0 bridgehead atoms. The molecule has 2 amide bonds. The maximum Gasteiger partial charge on any atom is 0.343 e. The average Bonchev–Trinajstić information content (AvgIpc) is 3.32. The molecule has 3 aliphatic rings. The smallest absolute Gasteiger partial charge is 0.343 e. The fraction of sp³-hybridized carbons (Fsp3) is 0.267. The second-order valence-electron chi connectivity index (χ2n) is 10.3. The molecule has 0 saturated heterocycles. The van der Waals surface area contributed by atoms with Gasteiger partial charge >= 0.3 is 12.0 Å². The first-order valence-electron chi connectivity index (χ1n) is 13.2. The lowest BCUT2D eigenvalue weighted by Gasteiger charge is -2.31. The summed E-state index contributed by atoms with van der Waals surface area (Å²) in [6.45, 7) is 2.20. The second kappa shape index (κ2) is 8.51. The van der Waals surface area contributed by atoms with E-state index in [9.17, 15) is 19.5 Å². The van der Waals surface area contributed by atoms with Gasteiger partial charge in [0.25, 0.3) is 5.56 Å². The van der Waals surface area contributed by atoms with Crippen molar-refractivity contribution in [3.05, 3.63) is 87.2 Å². The van der Waals surface area contributed by atoms with Crippen LogP contribution in [0.25, 0.3) is 22.3 Å². The molecule has 39 heavy (non-hydrogen) atoms. The molecule has 9 nitrogen and oxygen atoms in total. The summed E-state index contributed by atoms with van der Waals surface area (Å²) in [6.07, 6.45) is 1.64. The first-order chi connectivity index (χ1) is 18.9. The zero-order chi connectivity index (χ0) is 26.9. The maximum atomic E-state index is 13.7. The van der Waals surface area contributed by atoms with E-state index < -0.39 is 11.6 Å². The summed E-state index contributed by atoms with van der Waals surface area (Å²) in [6, 6.07) is 17.2. The van der Waals surface area contributed by atoms with Gasteiger partial charge in [0.2, 0.25) is 0 Å². The minimum atomic E-state index is -1.90. The second-order valence-corrected chi connectivity index (χ2v) is 10.3. The number of nitrogens with zero attached hydrogens (tertiary/aromatic N) is 3. The summed E-state index contributed by atoms with van der Waals surface area (Å²) in [4.78, 5) is 46.3. The topological polar surface area (TPSA) is 114 Å². The van der Waals surface area contributed by atoms with Crippen molar-refractivity contribution in [2.75, 3.05) is 16.8 Å². The van der Waals surface area contributed by atoms with Gasteiger partial charge in [-0.05, 0) is 43.0 Å². The molecule has 0 fully saturated rings. The minimum absolute atomic E-state index is 0.0731. The fourth-order valence-electron chi connectivity index (χ4n) is 6.09. The number of amides is 2. The Bertz CT molecular complexity index is 1760. The number of ether oxygens (including phenoxy) is 1. The summed E-state index contributed by atoms with van der Waals surface area (Å²) in [5.74, 6) is -0.757. The number of rotatable bonds is 5. The van der Waals surface area contributed by atoms with E-state index in [-0.39, 0.29) is 42.3 Å². The number of carbonyl (C=O) groups excluding carboxylic acids is 2. The van der Waals surface area contributed by atoms with Crippen molar-refractivity contribution in [3.8, 4) is 11.4 Å². The van der Waals surface area contributed by atoms with Crippen molar-refractivity contribution in [2.24, 2.45) is 0 Å². The standard InChI is InChI=1S/C30H26N4O5/c1-2-30(38)20-14-23-25-18(15-34(23)27(35)19(20)16-39-28(30)36)26-24-21(31-25)11-6-12-22(24)32-29(37)33(26)13-7-10-17-8-4-3-5-9-17/h3-6,8-9,11-12,14,38H,2,7,10,13,15-16H2,1H3,(H,32,37). The zero-order valence-corrected chi connectivity index (χ0v) is 21.4. The van der Waals surface area contributed by atoms with Crippen molar-refractivity contribution in [1.29, 1.82) is 0 Å². The number of cyclic esters (lactones) is 1. The molecule has 1 atom stereocenters. The van der Waals surface area contributed by atoms with E-state index in [0.29, 0.717) is 29.1 Å². The van der Waals surface area contributed by atoms with Gasteiger partial charge in [0.1, 0.15) is 6.61 Å². The van der Waals surface area contributed by atoms with E-state index in [2.05, 4.69) is 17.4 Å². The van der Waals surface area contributed by atoms with E-state index in [4.69, 9.17) is 9.72 Å². The highest BCUT2D eigenvalue weighted by Crippen LogP contribution is 2.46. The fourth-order valence-corrected chi connectivity index (χ4v) is 6.09. The summed E-state index contributed by atoms with van der Waals surface area (Å²) >= 11 is 0. The van der Waals surface area contributed by atoms with Gasteiger partial charge in [0.05, 0.1) is 40.4 Å². The highest BCUT2D eigenvalue weighted by atomic mass is 16.6. The number of benzene rings is 2. The zero-order valence-electron chi connectivity index (χ0n) is 21.4. The third kappa shape index (κ3) is 3.36. The van der Waals surface area contributed by atoms with Crippen LogP contribution in [0.5, 0.6) is 0 Å². The Labute approximate surface area is 223 Å². The first-order valence-corrected chi connectivity index (χ1v) is 13.2. The lowest BCUT2D eigenvalue weighted by Crippen LogP contribution is -2.44. The Morgan fingerprint density at radius 3 is 2.69 bits per heavy atom. The van der Waals surface area contributed by atoms with Crippen molar-refractivity contribution in [2.45, 2.75) is 44.9 Å². The molecule has 0 aliphatic carbocycles. The van der Waals surface area contributed by atoms with E-state index >= 15 is 0 Å². The third-order valence-corrected chi connectivity index (χ3v) is 8.13. The first kappa shape index (κ1) is 23.6. The lowest BCUT2D eigenvalue weighted by atomic mass is 9.86. The van der Waals surface area contributed by atoms with Crippen molar-refractivity contribution in [1.82, 2.24) is 9.55 Å². The molecule has 0 spiro atoms. The average molecular weight is 523 g/mol. The molecule has 1 unspecified atom stereocenters. The predicted octanol–water partition coefficient (Wildman–Crippen LogP) is 4.06. The van der Waals surface area contributed by atoms with Gasteiger partial charge in [0.15, 0.2) is 5.60 Å². The number of aryl methyl sites for hydroxylation is 1. The van der Waals surface area contributed by atoms with Gasteiger partial charge in [-0.15, -0.1) is 0 Å².